The van der Waals surface area contributed by atoms with E-state index < -0.39 is 28.5 Å². The Morgan fingerprint density at radius 2 is 1.64 bits per heavy atom. The highest BCUT2D eigenvalue weighted by Gasteiger charge is 2.34. The van der Waals surface area contributed by atoms with Gasteiger partial charge in [0.05, 0.1) is 10.6 Å². The van der Waals surface area contributed by atoms with Gasteiger partial charge in [-0.3, -0.25) is 13.9 Å². The lowest BCUT2D eigenvalue weighted by atomic mass is 10.1. The highest BCUT2D eigenvalue weighted by atomic mass is 32.2. The fourth-order valence-corrected chi connectivity index (χ4v) is 6.21. The Bertz CT molecular complexity index is 1490. The zero-order valence-corrected chi connectivity index (χ0v) is 25.4. The second-order valence-electron chi connectivity index (χ2n) is 10.7. The molecule has 1 atom stereocenters. The molecule has 0 aromatic heterocycles. The number of carbonyl (C=O) groups excluding carboxylic acids is 2. The summed E-state index contributed by atoms with van der Waals surface area (Å²) in [5.74, 6) is 0.355. The lowest BCUT2D eigenvalue weighted by Crippen LogP contribution is -2.52. The van der Waals surface area contributed by atoms with Crippen molar-refractivity contribution in [2.75, 3.05) is 30.6 Å². The molecule has 1 aliphatic rings. The lowest BCUT2D eigenvalue weighted by Gasteiger charge is -2.33. The van der Waals surface area contributed by atoms with Crippen molar-refractivity contribution >= 4 is 27.5 Å². The van der Waals surface area contributed by atoms with Crippen LogP contribution in [-0.4, -0.2) is 57.5 Å². The highest BCUT2D eigenvalue weighted by molar-refractivity contribution is 7.92. The maximum Gasteiger partial charge on any atom is 0.264 e. The molecule has 0 bridgehead atoms. The molecule has 3 aromatic carbocycles. The maximum absolute atomic E-state index is 14.2. The van der Waals surface area contributed by atoms with E-state index in [1.807, 2.05) is 52.0 Å². The van der Waals surface area contributed by atoms with Crippen LogP contribution in [0.5, 0.6) is 11.5 Å². The van der Waals surface area contributed by atoms with E-state index in [1.54, 1.807) is 36.4 Å². The van der Waals surface area contributed by atoms with E-state index in [0.29, 0.717) is 37.7 Å². The molecule has 0 aliphatic carbocycles. The van der Waals surface area contributed by atoms with Gasteiger partial charge in [-0.15, -0.1) is 0 Å². The first-order chi connectivity index (χ1) is 20.1. The Morgan fingerprint density at radius 1 is 0.929 bits per heavy atom. The topological polar surface area (TPSA) is 105 Å². The SMILES string of the molecule is CC[C@@H](C(=O)NCC(C)C)N(Cc1cccc(C)c1)C(=O)CN(c1ccc2c(c1)OCCO2)S(=O)(=O)c1ccccc1. The van der Waals surface area contributed by atoms with Crippen molar-refractivity contribution in [3.63, 3.8) is 0 Å². The maximum atomic E-state index is 14.2. The fraction of sp³-hybridized carbons (Fsp3) is 0.375. The minimum Gasteiger partial charge on any atom is -0.486 e. The molecule has 2 amide bonds. The normalized spacial score (nSPS) is 13.4. The minimum absolute atomic E-state index is 0.0413. The summed E-state index contributed by atoms with van der Waals surface area (Å²) in [6.07, 6.45) is 0.358. The Morgan fingerprint density at radius 3 is 2.31 bits per heavy atom. The molecule has 0 radical (unpaired) electrons. The Balaban J connectivity index is 1.74. The van der Waals surface area contributed by atoms with Crippen LogP contribution >= 0.6 is 0 Å². The average Bonchev–Trinajstić information content (AvgIpc) is 2.98. The van der Waals surface area contributed by atoms with Gasteiger partial charge in [-0.1, -0.05) is 68.8 Å². The molecule has 0 saturated heterocycles. The smallest absolute Gasteiger partial charge is 0.264 e. The van der Waals surface area contributed by atoms with E-state index in [1.165, 1.54) is 17.0 Å². The van der Waals surface area contributed by atoms with Gasteiger partial charge in [0, 0.05) is 19.2 Å². The number of rotatable bonds is 12. The van der Waals surface area contributed by atoms with Gasteiger partial charge < -0.3 is 19.7 Å². The van der Waals surface area contributed by atoms with Gasteiger partial charge in [0.1, 0.15) is 25.8 Å². The molecule has 1 heterocycles. The summed E-state index contributed by atoms with van der Waals surface area (Å²) in [6, 6.07) is 19.7. The third-order valence-corrected chi connectivity index (χ3v) is 8.72. The molecule has 224 valence electrons. The number of ether oxygens (including phenoxy) is 2. The van der Waals surface area contributed by atoms with E-state index in [9.17, 15) is 18.0 Å². The number of hydrogen-bond acceptors (Lipinski definition) is 6. The number of amides is 2. The van der Waals surface area contributed by atoms with Crippen molar-refractivity contribution in [1.29, 1.82) is 0 Å². The molecular formula is C32H39N3O6S. The van der Waals surface area contributed by atoms with Crippen LogP contribution < -0.4 is 19.1 Å². The van der Waals surface area contributed by atoms with Crippen LogP contribution in [0, 0.1) is 12.8 Å². The second kappa shape index (κ2) is 13.7. The monoisotopic (exact) mass is 593 g/mol. The summed E-state index contributed by atoms with van der Waals surface area (Å²) in [7, 11) is -4.17. The van der Waals surface area contributed by atoms with Gasteiger partial charge in [0.25, 0.3) is 10.0 Å². The first-order valence-electron chi connectivity index (χ1n) is 14.2. The first-order valence-corrected chi connectivity index (χ1v) is 15.6. The summed E-state index contributed by atoms with van der Waals surface area (Å²) in [4.78, 5) is 29.1. The molecule has 4 rings (SSSR count). The fourth-order valence-electron chi connectivity index (χ4n) is 4.78. The van der Waals surface area contributed by atoms with Crippen molar-refractivity contribution < 1.29 is 27.5 Å². The number of aryl methyl sites for hydroxylation is 1. The van der Waals surface area contributed by atoms with E-state index in [0.717, 1.165) is 15.4 Å². The standard InChI is InChI=1S/C32H39N3O6S/c1-5-28(32(37)33-20-23(2)3)34(21-25-11-9-10-24(4)18-25)31(36)22-35(42(38,39)27-12-7-6-8-13-27)26-14-15-29-30(19-26)41-17-16-40-29/h6-15,18-19,23,28H,5,16-17,20-22H2,1-4H3,(H,33,37)/t28-/m0/s1. The van der Waals surface area contributed by atoms with Gasteiger partial charge >= 0.3 is 0 Å². The van der Waals surface area contributed by atoms with Crippen molar-refractivity contribution in [3.8, 4) is 11.5 Å². The van der Waals surface area contributed by atoms with E-state index in [4.69, 9.17) is 9.47 Å². The van der Waals surface area contributed by atoms with Gasteiger partial charge in [0.2, 0.25) is 11.8 Å². The highest BCUT2D eigenvalue weighted by Crippen LogP contribution is 2.36. The Hall–Kier alpha value is -4.05. The second-order valence-corrected chi connectivity index (χ2v) is 12.6. The molecule has 3 aromatic rings. The average molecular weight is 594 g/mol. The predicted molar refractivity (Wildman–Crippen MR) is 162 cm³/mol. The van der Waals surface area contributed by atoms with Gasteiger partial charge in [-0.2, -0.15) is 0 Å². The molecule has 9 nitrogen and oxygen atoms in total. The predicted octanol–water partition coefficient (Wildman–Crippen LogP) is 4.54. The van der Waals surface area contributed by atoms with E-state index in [2.05, 4.69) is 5.32 Å². The van der Waals surface area contributed by atoms with Crippen molar-refractivity contribution in [1.82, 2.24) is 10.2 Å². The zero-order chi connectivity index (χ0) is 30.3. The Kier molecular flexibility index (Phi) is 10.1. The lowest BCUT2D eigenvalue weighted by molar-refractivity contribution is -0.140. The molecule has 0 saturated carbocycles. The van der Waals surface area contributed by atoms with Gasteiger partial charge in [-0.25, -0.2) is 8.42 Å². The van der Waals surface area contributed by atoms with Crippen LogP contribution in [0.4, 0.5) is 5.69 Å². The number of sulfonamides is 1. The molecule has 0 unspecified atom stereocenters. The zero-order valence-electron chi connectivity index (χ0n) is 24.6. The van der Waals surface area contributed by atoms with Crippen LogP contribution in [-0.2, 0) is 26.2 Å². The third kappa shape index (κ3) is 7.42. The minimum atomic E-state index is -4.17. The largest absolute Gasteiger partial charge is 0.486 e. The molecule has 1 N–H and O–H groups in total. The molecule has 10 heteroatoms. The number of anilines is 1. The van der Waals surface area contributed by atoms with Gasteiger partial charge in [-0.05, 0) is 49.1 Å². The van der Waals surface area contributed by atoms with Crippen LogP contribution in [0.15, 0.2) is 77.7 Å². The van der Waals surface area contributed by atoms with Crippen molar-refractivity contribution in [2.45, 2.75) is 51.6 Å². The van der Waals surface area contributed by atoms with Crippen LogP contribution in [0.3, 0.4) is 0 Å². The first kappa shape index (κ1) is 30.9. The van der Waals surface area contributed by atoms with Crippen LogP contribution in [0.2, 0.25) is 0 Å². The molecule has 1 aliphatic heterocycles. The summed E-state index contributed by atoms with van der Waals surface area (Å²) in [6.45, 7) is 8.61. The van der Waals surface area contributed by atoms with Crippen molar-refractivity contribution in [2.24, 2.45) is 5.92 Å². The van der Waals surface area contributed by atoms with E-state index >= 15 is 0 Å². The quantitative estimate of drug-likeness (QED) is 0.331. The third-order valence-electron chi connectivity index (χ3n) is 6.93. The molecule has 0 fully saturated rings. The number of hydrogen-bond donors (Lipinski definition) is 1. The molecule has 42 heavy (non-hydrogen) atoms. The van der Waals surface area contributed by atoms with Crippen molar-refractivity contribution in [3.05, 3.63) is 83.9 Å². The Labute approximate surface area is 248 Å². The summed E-state index contributed by atoms with van der Waals surface area (Å²) in [5, 5.41) is 2.95. The summed E-state index contributed by atoms with van der Waals surface area (Å²) < 4.78 is 40.4. The van der Waals surface area contributed by atoms with Gasteiger partial charge in [0.15, 0.2) is 11.5 Å². The van der Waals surface area contributed by atoms with Crippen LogP contribution in [0.1, 0.15) is 38.3 Å². The molecular weight excluding hydrogens is 554 g/mol. The van der Waals surface area contributed by atoms with E-state index in [-0.39, 0.29) is 29.0 Å². The van der Waals surface area contributed by atoms with Crippen LogP contribution in [0.25, 0.3) is 0 Å². The molecule has 0 spiro atoms. The number of nitrogens with zero attached hydrogens (tertiary/aromatic N) is 2. The summed E-state index contributed by atoms with van der Waals surface area (Å²) >= 11 is 0. The summed E-state index contributed by atoms with van der Waals surface area (Å²) in [5.41, 5.74) is 2.11. The number of nitrogens with one attached hydrogen (secondary N) is 1. The number of fused-ring (bicyclic) bond motifs is 1. The number of carbonyl (C=O) groups is 2. The number of benzene rings is 3.